The number of amides is 1. The Morgan fingerprint density at radius 1 is 1.30 bits per heavy atom. The van der Waals surface area contributed by atoms with Crippen molar-refractivity contribution in [1.29, 1.82) is 0 Å². The summed E-state index contributed by atoms with van der Waals surface area (Å²) in [5, 5.41) is 8.23. The van der Waals surface area contributed by atoms with E-state index in [2.05, 4.69) is 15.3 Å². The summed E-state index contributed by atoms with van der Waals surface area (Å²) in [6.07, 6.45) is 8.37. The Balaban J connectivity index is 1.66. The Morgan fingerprint density at radius 3 is 2.75 bits per heavy atom. The molecule has 1 saturated heterocycles. The van der Waals surface area contributed by atoms with Gasteiger partial charge in [-0.2, -0.15) is 0 Å². The molecule has 20 heavy (non-hydrogen) atoms. The molecule has 2 aromatic heterocycles. The molecule has 3 rings (SSSR count). The van der Waals surface area contributed by atoms with Crippen molar-refractivity contribution < 1.29 is 4.79 Å². The molecular formula is C13H14ClN5O. The lowest BCUT2D eigenvalue weighted by Crippen LogP contribution is -2.39. The van der Waals surface area contributed by atoms with Gasteiger partial charge >= 0.3 is 0 Å². The second kappa shape index (κ2) is 5.58. The minimum absolute atomic E-state index is 0.0329. The highest BCUT2D eigenvalue weighted by Gasteiger charge is 2.25. The van der Waals surface area contributed by atoms with Crippen molar-refractivity contribution in [3.05, 3.63) is 41.4 Å². The summed E-state index contributed by atoms with van der Waals surface area (Å²) in [6.45, 7) is 1.39. The van der Waals surface area contributed by atoms with E-state index in [4.69, 9.17) is 11.6 Å². The van der Waals surface area contributed by atoms with Gasteiger partial charge in [-0.1, -0.05) is 16.8 Å². The number of aromatic nitrogens is 4. The molecule has 0 aromatic carbocycles. The minimum atomic E-state index is -0.0329. The number of pyridine rings is 1. The number of piperidine rings is 1. The first kappa shape index (κ1) is 13.1. The van der Waals surface area contributed by atoms with Crippen LogP contribution < -0.4 is 0 Å². The zero-order valence-corrected chi connectivity index (χ0v) is 11.6. The maximum Gasteiger partial charge on any atom is 0.255 e. The second-order valence-corrected chi connectivity index (χ2v) is 5.17. The van der Waals surface area contributed by atoms with Crippen LogP contribution in [0.2, 0.25) is 5.02 Å². The molecule has 7 heteroatoms. The van der Waals surface area contributed by atoms with E-state index < -0.39 is 0 Å². The van der Waals surface area contributed by atoms with Crippen molar-refractivity contribution in [2.45, 2.75) is 18.9 Å². The molecular weight excluding hydrogens is 278 g/mol. The van der Waals surface area contributed by atoms with Gasteiger partial charge in [0, 0.05) is 31.7 Å². The number of carbonyl (C=O) groups excluding carboxylic acids is 1. The molecule has 0 atom stereocenters. The highest BCUT2D eigenvalue weighted by molar-refractivity contribution is 6.33. The smallest absolute Gasteiger partial charge is 0.255 e. The Bertz CT molecular complexity index is 593. The predicted octanol–water partition coefficient (Wildman–Crippen LogP) is 1.80. The molecule has 1 amide bonds. The summed E-state index contributed by atoms with van der Waals surface area (Å²) in [6, 6.07) is 1.98. The molecule has 0 saturated carbocycles. The number of hydrogen-bond donors (Lipinski definition) is 0. The lowest BCUT2D eigenvalue weighted by Gasteiger charge is -2.32. The number of rotatable bonds is 2. The third kappa shape index (κ3) is 2.51. The average molecular weight is 292 g/mol. The van der Waals surface area contributed by atoms with Gasteiger partial charge in [-0.3, -0.25) is 9.78 Å². The van der Waals surface area contributed by atoms with Gasteiger partial charge in [0.2, 0.25) is 0 Å². The summed E-state index contributed by atoms with van der Waals surface area (Å²) in [4.78, 5) is 18.1. The highest BCUT2D eigenvalue weighted by atomic mass is 35.5. The van der Waals surface area contributed by atoms with Crippen LogP contribution in [0.1, 0.15) is 29.2 Å². The minimum Gasteiger partial charge on any atom is -0.338 e. The summed E-state index contributed by atoms with van der Waals surface area (Å²) < 4.78 is 1.86. The largest absolute Gasteiger partial charge is 0.338 e. The van der Waals surface area contributed by atoms with Crippen LogP contribution in [0.25, 0.3) is 0 Å². The number of nitrogens with zero attached hydrogens (tertiary/aromatic N) is 5. The van der Waals surface area contributed by atoms with Crippen molar-refractivity contribution in [2.24, 2.45) is 0 Å². The Hall–Kier alpha value is -1.95. The van der Waals surface area contributed by atoms with Gasteiger partial charge < -0.3 is 4.90 Å². The van der Waals surface area contributed by atoms with Gasteiger partial charge in [-0.05, 0) is 18.9 Å². The van der Waals surface area contributed by atoms with E-state index in [0.29, 0.717) is 29.7 Å². The summed E-state index contributed by atoms with van der Waals surface area (Å²) in [5.41, 5.74) is 0.515. The maximum absolute atomic E-state index is 12.4. The fourth-order valence-electron chi connectivity index (χ4n) is 2.46. The van der Waals surface area contributed by atoms with E-state index in [1.54, 1.807) is 18.5 Å². The van der Waals surface area contributed by atoms with Gasteiger partial charge in [-0.25, -0.2) is 4.68 Å². The summed E-state index contributed by atoms with van der Waals surface area (Å²) in [7, 11) is 0. The lowest BCUT2D eigenvalue weighted by molar-refractivity contribution is 0.0689. The molecule has 1 aliphatic rings. The van der Waals surface area contributed by atoms with E-state index in [1.165, 1.54) is 6.20 Å². The van der Waals surface area contributed by atoms with Gasteiger partial charge in [0.15, 0.2) is 0 Å². The SMILES string of the molecule is O=C(c1ccncc1Cl)N1CCC(n2ccnn2)CC1. The van der Waals surface area contributed by atoms with Crippen LogP contribution in [0.3, 0.4) is 0 Å². The first-order chi connectivity index (χ1) is 9.75. The topological polar surface area (TPSA) is 63.9 Å². The summed E-state index contributed by atoms with van der Waals surface area (Å²) in [5.74, 6) is -0.0329. The molecule has 104 valence electrons. The maximum atomic E-state index is 12.4. The molecule has 0 radical (unpaired) electrons. The van der Waals surface area contributed by atoms with E-state index in [-0.39, 0.29) is 5.91 Å². The van der Waals surface area contributed by atoms with E-state index >= 15 is 0 Å². The Kier molecular flexibility index (Phi) is 3.64. The van der Waals surface area contributed by atoms with Crippen LogP contribution in [0, 0.1) is 0 Å². The Labute approximate surface area is 121 Å². The van der Waals surface area contributed by atoms with Crippen molar-refractivity contribution in [1.82, 2.24) is 24.9 Å². The molecule has 0 N–H and O–H groups in total. The molecule has 0 aliphatic carbocycles. The van der Waals surface area contributed by atoms with Crippen molar-refractivity contribution in [3.8, 4) is 0 Å². The third-order valence-electron chi connectivity index (χ3n) is 3.57. The fourth-order valence-corrected chi connectivity index (χ4v) is 2.66. The van der Waals surface area contributed by atoms with Gasteiger partial charge in [0.05, 0.1) is 22.8 Å². The molecule has 6 nitrogen and oxygen atoms in total. The molecule has 0 unspecified atom stereocenters. The van der Waals surface area contributed by atoms with Crippen LogP contribution in [0.4, 0.5) is 0 Å². The van der Waals surface area contributed by atoms with Crippen LogP contribution in [-0.2, 0) is 0 Å². The molecule has 1 aliphatic heterocycles. The van der Waals surface area contributed by atoms with Crippen LogP contribution in [0.15, 0.2) is 30.9 Å². The van der Waals surface area contributed by atoms with E-state index in [0.717, 1.165) is 12.8 Å². The molecule has 2 aromatic rings. The van der Waals surface area contributed by atoms with Crippen molar-refractivity contribution >= 4 is 17.5 Å². The molecule has 1 fully saturated rings. The van der Waals surface area contributed by atoms with Crippen LogP contribution in [-0.4, -0.2) is 43.9 Å². The molecule has 0 bridgehead atoms. The number of likely N-dealkylation sites (tertiary alicyclic amines) is 1. The standard InChI is InChI=1S/C13H14ClN5O/c14-12-9-15-4-1-11(12)13(20)18-6-2-10(3-7-18)19-8-5-16-17-19/h1,4-5,8-10H,2-3,6-7H2. The average Bonchev–Trinajstić information content (AvgIpc) is 3.01. The van der Waals surface area contributed by atoms with E-state index in [1.807, 2.05) is 15.8 Å². The number of halogens is 1. The molecule has 3 heterocycles. The zero-order chi connectivity index (χ0) is 13.9. The van der Waals surface area contributed by atoms with Gasteiger partial charge in [-0.15, -0.1) is 5.10 Å². The monoisotopic (exact) mass is 291 g/mol. The third-order valence-corrected chi connectivity index (χ3v) is 3.87. The molecule has 0 spiro atoms. The second-order valence-electron chi connectivity index (χ2n) is 4.76. The highest BCUT2D eigenvalue weighted by Crippen LogP contribution is 2.24. The number of hydrogen-bond acceptors (Lipinski definition) is 4. The number of carbonyl (C=O) groups is 1. The van der Waals surface area contributed by atoms with Crippen molar-refractivity contribution in [2.75, 3.05) is 13.1 Å². The van der Waals surface area contributed by atoms with Gasteiger partial charge in [0.1, 0.15) is 0 Å². The van der Waals surface area contributed by atoms with Crippen LogP contribution >= 0.6 is 11.6 Å². The van der Waals surface area contributed by atoms with Crippen LogP contribution in [0.5, 0.6) is 0 Å². The van der Waals surface area contributed by atoms with Crippen molar-refractivity contribution in [3.63, 3.8) is 0 Å². The van der Waals surface area contributed by atoms with E-state index in [9.17, 15) is 4.79 Å². The first-order valence-corrected chi connectivity index (χ1v) is 6.88. The summed E-state index contributed by atoms with van der Waals surface area (Å²) >= 11 is 6.02. The Morgan fingerprint density at radius 2 is 2.10 bits per heavy atom. The quantitative estimate of drug-likeness (QED) is 0.846. The lowest BCUT2D eigenvalue weighted by atomic mass is 10.0. The first-order valence-electron chi connectivity index (χ1n) is 6.50. The van der Waals surface area contributed by atoms with Gasteiger partial charge in [0.25, 0.3) is 5.91 Å². The fraction of sp³-hybridized carbons (Fsp3) is 0.385. The zero-order valence-electron chi connectivity index (χ0n) is 10.8. The predicted molar refractivity (Wildman–Crippen MR) is 73.4 cm³/mol. The normalized spacial score (nSPS) is 16.4.